The predicted molar refractivity (Wildman–Crippen MR) is 64.7 cm³/mol. The van der Waals surface area contributed by atoms with Crippen LogP contribution in [-0.2, 0) is 5.33 Å². The van der Waals surface area contributed by atoms with Crippen LogP contribution < -0.4 is 0 Å². The van der Waals surface area contributed by atoms with Gasteiger partial charge in [-0.05, 0) is 11.5 Å². The van der Waals surface area contributed by atoms with E-state index >= 15 is 0 Å². The lowest BCUT2D eigenvalue weighted by Crippen LogP contribution is -1.85. The molecule has 0 atom stereocenters. The first kappa shape index (κ1) is 10.7. The van der Waals surface area contributed by atoms with E-state index in [1.807, 2.05) is 24.4 Å². The monoisotopic (exact) mass is 301 g/mol. The summed E-state index contributed by atoms with van der Waals surface area (Å²) in [6.45, 7) is 0. The fourth-order valence-corrected chi connectivity index (χ4v) is 1.74. The Kier molecular flexibility index (Phi) is 3.88. The van der Waals surface area contributed by atoms with Crippen LogP contribution in [0.1, 0.15) is 5.69 Å². The van der Waals surface area contributed by atoms with E-state index in [4.69, 9.17) is 0 Å². The molecule has 13 heavy (non-hydrogen) atoms. The summed E-state index contributed by atoms with van der Waals surface area (Å²) in [4.78, 5) is 4.28. The molecular formula is C10H9Br2N. The highest BCUT2D eigenvalue weighted by molar-refractivity contribution is 9.08. The maximum atomic E-state index is 4.28. The number of benzene rings is 1. The number of hydrogen-bond acceptors (Lipinski definition) is 1. The third-order valence-corrected chi connectivity index (χ3v) is 2.41. The van der Waals surface area contributed by atoms with Gasteiger partial charge in [0.05, 0.1) is 5.69 Å². The summed E-state index contributed by atoms with van der Waals surface area (Å²) in [7, 11) is 0. The fourth-order valence-electron chi connectivity index (χ4n) is 1.29. The molecule has 0 unspecified atom stereocenters. The van der Waals surface area contributed by atoms with Crippen LogP contribution >= 0.6 is 32.9 Å². The second-order valence-corrected chi connectivity index (χ2v) is 3.17. The van der Waals surface area contributed by atoms with Crippen LogP contribution in [-0.4, -0.2) is 4.98 Å². The average Bonchev–Trinajstić information content (AvgIpc) is 2.17. The Hall–Kier alpha value is -0.410. The molecule has 0 radical (unpaired) electrons. The zero-order chi connectivity index (χ0) is 8.39. The second-order valence-electron chi connectivity index (χ2n) is 2.61. The van der Waals surface area contributed by atoms with Gasteiger partial charge in [-0.3, -0.25) is 4.98 Å². The van der Waals surface area contributed by atoms with Crippen LogP contribution in [0.2, 0.25) is 0 Å². The average molecular weight is 303 g/mol. The van der Waals surface area contributed by atoms with Crippen LogP contribution in [0, 0.1) is 0 Å². The number of halogens is 2. The number of fused-ring (bicyclic) bond motifs is 1. The van der Waals surface area contributed by atoms with E-state index in [0.717, 1.165) is 11.0 Å². The molecule has 0 bridgehead atoms. The molecule has 0 aliphatic rings. The Bertz CT molecular complexity index is 396. The van der Waals surface area contributed by atoms with Crippen molar-refractivity contribution in [2.45, 2.75) is 5.33 Å². The molecular weight excluding hydrogens is 294 g/mol. The van der Waals surface area contributed by atoms with Crippen molar-refractivity contribution in [3.63, 3.8) is 0 Å². The van der Waals surface area contributed by atoms with Crippen LogP contribution in [0.15, 0.2) is 36.5 Å². The minimum atomic E-state index is 0. The van der Waals surface area contributed by atoms with Crippen LogP contribution in [0.3, 0.4) is 0 Å². The van der Waals surface area contributed by atoms with Gasteiger partial charge in [0.15, 0.2) is 0 Å². The van der Waals surface area contributed by atoms with E-state index in [0.29, 0.717) is 0 Å². The van der Waals surface area contributed by atoms with Gasteiger partial charge in [-0.2, -0.15) is 0 Å². The molecule has 0 aliphatic carbocycles. The topological polar surface area (TPSA) is 12.9 Å². The van der Waals surface area contributed by atoms with Gasteiger partial charge >= 0.3 is 0 Å². The first-order chi connectivity index (χ1) is 5.92. The minimum Gasteiger partial charge on any atom is -0.260 e. The molecule has 0 fully saturated rings. The quantitative estimate of drug-likeness (QED) is 0.732. The van der Waals surface area contributed by atoms with E-state index in [1.54, 1.807) is 0 Å². The lowest BCUT2D eigenvalue weighted by molar-refractivity contribution is 1.22. The molecule has 1 heterocycles. The molecule has 0 saturated heterocycles. The van der Waals surface area contributed by atoms with Crippen LogP contribution in [0.4, 0.5) is 0 Å². The minimum absolute atomic E-state index is 0. The van der Waals surface area contributed by atoms with Crippen LogP contribution in [0.5, 0.6) is 0 Å². The van der Waals surface area contributed by atoms with E-state index < -0.39 is 0 Å². The number of pyridine rings is 1. The summed E-state index contributed by atoms with van der Waals surface area (Å²) in [5.74, 6) is 0. The summed E-state index contributed by atoms with van der Waals surface area (Å²) in [6, 6.07) is 10.3. The fraction of sp³-hybridized carbons (Fsp3) is 0.100. The van der Waals surface area contributed by atoms with Crippen molar-refractivity contribution >= 4 is 43.7 Å². The van der Waals surface area contributed by atoms with E-state index in [-0.39, 0.29) is 17.0 Å². The third kappa shape index (κ3) is 2.09. The molecule has 1 aromatic heterocycles. The Morgan fingerprint density at radius 1 is 1.15 bits per heavy atom. The molecule has 1 aromatic carbocycles. The zero-order valence-corrected chi connectivity index (χ0v) is 10.2. The highest BCUT2D eigenvalue weighted by atomic mass is 79.9. The Morgan fingerprint density at radius 3 is 2.69 bits per heavy atom. The van der Waals surface area contributed by atoms with Crippen molar-refractivity contribution in [2.24, 2.45) is 0 Å². The van der Waals surface area contributed by atoms with Gasteiger partial charge in [0, 0.05) is 16.9 Å². The molecule has 0 amide bonds. The summed E-state index contributed by atoms with van der Waals surface area (Å²) in [5.41, 5.74) is 1.10. The molecule has 0 saturated carbocycles. The molecule has 1 nitrogen and oxygen atoms in total. The molecule has 2 aromatic rings. The van der Waals surface area contributed by atoms with Crippen molar-refractivity contribution in [1.29, 1.82) is 0 Å². The van der Waals surface area contributed by atoms with Crippen molar-refractivity contribution < 1.29 is 0 Å². The predicted octanol–water partition coefficient (Wildman–Crippen LogP) is 3.71. The standard InChI is InChI=1S/C10H8BrN.BrH/c11-7-10-9-4-2-1-3-8(9)5-6-12-10;/h1-6H,7H2;1H. The van der Waals surface area contributed by atoms with Gasteiger partial charge < -0.3 is 0 Å². The lowest BCUT2D eigenvalue weighted by Gasteiger charge is -2.00. The first-order valence-corrected chi connectivity index (χ1v) is 4.92. The highest BCUT2D eigenvalue weighted by Gasteiger charge is 1.97. The lowest BCUT2D eigenvalue weighted by atomic mass is 10.1. The maximum absolute atomic E-state index is 4.28. The van der Waals surface area contributed by atoms with Crippen molar-refractivity contribution in [2.75, 3.05) is 0 Å². The Balaban J connectivity index is 0.000000845. The molecule has 0 spiro atoms. The number of nitrogens with zero attached hydrogens (tertiary/aromatic N) is 1. The summed E-state index contributed by atoms with van der Waals surface area (Å²) in [6.07, 6.45) is 1.85. The van der Waals surface area contributed by atoms with Gasteiger partial charge in [0.25, 0.3) is 0 Å². The van der Waals surface area contributed by atoms with Gasteiger partial charge in [0.2, 0.25) is 0 Å². The normalized spacial score (nSPS) is 9.62. The maximum Gasteiger partial charge on any atom is 0.0587 e. The smallest absolute Gasteiger partial charge is 0.0587 e. The van der Waals surface area contributed by atoms with Crippen molar-refractivity contribution in [1.82, 2.24) is 4.98 Å². The number of rotatable bonds is 1. The van der Waals surface area contributed by atoms with Crippen LogP contribution in [0.25, 0.3) is 10.8 Å². The van der Waals surface area contributed by atoms with E-state index in [2.05, 4.69) is 33.0 Å². The Labute approximate surface area is 96.1 Å². The summed E-state index contributed by atoms with van der Waals surface area (Å²) >= 11 is 3.42. The SMILES string of the molecule is Br.BrCc1nccc2ccccc12. The van der Waals surface area contributed by atoms with E-state index in [9.17, 15) is 0 Å². The highest BCUT2D eigenvalue weighted by Crippen LogP contribution is 2.17. The number of alkyl halides is 1. The molecule has 0 N–H and O–H groups in total. The first-order valence-electron chi connectivity index (χ1n) is 3.80. The largest absolute Gasteiger partial charge is 0.260 e. The van der Waals surface area contributed by atoms with Crippen molar-refractivity contribution in [3.8, 4) is 0 Å². The van der Waals surface area contributed by atoms with Crippen molar-refractivity contribution in [3.05, 3.63) is 42.2 Å². The number of aromatic nitrogens is 1. The van der Waals surface area contributed by atoms with E-state index in [1.165, 1.54) is 10.8 Å². The Morgan fingerprint density at radius 2 is 1.92 bits per heavy atom. The van der Waals surface area contributed by atoms with Gasteiger partial charge in [-0.15, -0.1) is 17.0 Å². The molecule has 3 heteroatoms. The van der Waals surface area contributed by atoms with Gasteiger partial charge in [-0.1, -0.05) is 40.2 Å². The van der Waals surface area contributed by atoms with Gasteiger partial charge in [-0.25, -0.2) is 0 Å². The summed E-state index contributed by atoms with van der Waals surface area (Å²) < 4.78 is 0. The molecule has 68 valence electrons. The second kappa shape index (κ2) is 4.72. The molecule has 0 aliphatic heterocycles. The zero-order valence-electron chi connectivity index (χ0n) is 6.90. The summed E-state index contributed by atoms with van der Waals surface area (Å²) in [5, 5.41) is 3.30. The molecule has 2 rings (SSSR count). The number of hydrogen-bond donors (Lipinski definition) is 0. The van der Waals surface area contributed by atoms with Gasteiger partial charge in [0.1, 0.15) is 0 Å². The third-order valence-electron chi connectivity index (χ3n) is 1.88.